The first-order chi connectivity index (χ1) is 8.61. The van der Waals surface area contributed by atoms with Crippen LogP contribution in [0.15, 0.2) is 12.7 Å². The lowest BCUT2D eigenvalue weighted by atomic mass is 10.4. The minimum absolute atomic E-state index is 0.0326. The maximum atomic E-state index is 10.3. The van der Waals surface area contributed by atoms with Crippen LogP contribution in [0.25, 0.3) is 0 Å². The fourth-order valence-electron chi connectivity index (χ4n) is 0.921. The molecule has 0 bridgehead atoms. The van der Waals surface area contributed by atoms with Gasteiger partial charge in [-0.2, -0.15) is 0 Å². The second kappa shape index (κ2) is 8.20. The van der Waals surface area contributed by atoms with Gasteiger partial charge in [-0.15, -0.1) is 0 Å². The summed E-state index contributed by atoms with van der Waals surface area (Å²) in [7, 11) is 0. The van der Waals surface area contributed by atoms with E-state index >= 15 is 0 Å². The maximum Gasteiger partial charge on any atom is 0.330 e. The average Bonchev–Trinajstić information content (AvgIpc) is 3.20. The van der Waals surface area contributed by atoms with E-state index in [1.165, 1.54) is 6.92 Å². The summed E-state index contributed by atoms with van der Waals surface area (Å²) in [4.78, 5) is 10.3. The number of esters is 1. The highest BCUT2D eigenvalue weighted by Gasteiger charge is 2.26. The summed E-state index contributed by atoms with van der Waals surface area (Å²) in [6.45, 7) is 8.01. The molecule has 6 nitrogen and oxygen atoms in total. The lowest BCUT2D eigenvalue weighted by Gasteiger charge is -2.02. The molecule has 0 aromatic rings. The molecule has 18 heavy (non-hydrogen) atoms. The topological polar surface area (TPSA) is 80.8 Å². The van der Waals surface area contributed by atoms with Crippen LogP contribution in [-0.4, -0.2) is 62.4 Å². The van der Waals surface area contributed by atoms with Crippen LogP contribution < -0.4 is 0 Å². The zero-order valence-corrected chi connectivity index (χ0v) is 10.5. The minimum atomic E-state index is -0.603. The SMILES string of the molecule is C(OCC1CO1)C1CO1.C=CC(=O)OCC(C)O. The Hall–Kier alpha value is -0.950. The van der Waals surface area contributed by atoms with Gasteiger partial charge in [0.15, 0.2) is 0 Å². The number of hydrogen-bond acceptors (Lipinski definition) is 6. The monoisotopic (exact) mass is 260 g/mol. The van der Waals surface area contributed by atoms with Crippen molar-refractivity contribution in [2.45, 2.75) is 25.2 Å². The zero-order chi connectivity index (χ0) is 13.4. The third-order valence-corrected chi connectivity index (χ3v) is 2.05. The van der Waals surface area contributed by atoms with E-state index in [2.05, 4.69) is 11.3 Å². The summed E-state index contributed by atoms with van der Waals surface area (Å²) >= 11 is 0. The number of hydrogen-bond donors (Lipinski definition) is 1. The molecule has 2 aliphatic rings. The fraction of sp³-hybridized carbons (Fsp3) is 0.750. The first kappa shape index (κ1) is 15.1. The highest BCUT2D eigenvalue weighted by atomic mass is 16.6. The number of epoxide rings is 2. The molecule has 2 rings (SSSR count). The van der Waals surface area contributed by atoms with Crippen LogP contribution in [0.5, 0.6) is 0 Å². The molecule has 0 aliphatic carbocycles. The van der Waals surface area contributed by atoms with Crippen molar-refractivity contribution in [2.24, 2.45) is 0 Å². The van der Waals surface area contributed by atoms with Crippen molar-refractivity contribution < 1.29 is 28.8 Å². The van der Waals surface area contributed by atoms with Gasteiger partial charge in [-0.25, -0.2) is 4.79 Å². The predicted octanol–water partition coefficient (Wildman–Crippen LogP) is -0.103. The van der Waals surface area contributed by atoms with Gasteiger partial charge in [-0.1, -0.05) is 6.58 Å². The Morgan fingerprint density at radius 1 is 1.44 bits per heavy atom. The third kappa shape index (κ3) is 9.12. The molecule has 2 aliphatic heterocycles. The molecular weight excluding hydrogens is 240 g/mol. The van der Waals surface area contributed by atoms with Gasteiger partial charge in [0.25, 0.3) is 0 Å². The number of aliphatic hydroxyl groups is 1. The van der Waals surface area contributed by atoms with Crippen molar-refractivity contribution in [1.29, 1.82) is 0 Å². The first-order valence-corrected chi connectivity index (χ1v) is 5.90. The van der Waals surface area contributed by atoms with Crippen LogP contribution in [0.1, 0.15) is 6.92 Å². The molecule has 104 valence electrons. The summed E-state index contributed by atoms with van der Waals surface area (Å²) < 4.78 is 19.6. The van der Waals surface area contributed by atoms with E-state index in [4.69, 9.17) is 19.3 Å². The second-order valence-electron chi connectivity index (χ2n) is 4.13. The zero-order valence-electron chi connectivity index (χ0n) is 10.5. The van der Waals surface area contributed by atoms with Gasteiger partial charge in [0.05, 0.1) is 32.5 Å². The highest BCUT2D eigenvalue weighted by Crippen LogP contribution is 2.12. The number of rotatable bonds is 7. The van der Waals surface area contributed by atoms with Gasteiger partial charge in [0.1, 0.15) is 18.8 Å². The van der Waals surface area contributed by atoms with E-state index in [-0.39, 0.29) is 6.61 Å². The Bertz CT molecular complexity index is 245. The molecule has 0 saturated carbocycles. The average molecular weight is 260 g/mol. The highest BCUT2D eigenvalue weighted by molar-refractivity contribution is 5.81. The van der Waals surface area contributed by atoms with Crippen LogP contribution in [0.3, 0.4) is 0 Å². The molecule has 6 heteroatoms. The van der Waals surface area contributed by atoms with Crippen LogP contribution in [0, 0.1) is 0 Å². The minimum Gasteiger partial charge on any atom is -0.460 e. The Labute approximate surface area is 106 Å². The lowest BCUT2D eigenvalue weighted by Crippen LogP contribution is -2.13. The molecule has 0 radical (unpaired) electrons. The van der Waals surface area contributed by atoms with E-state index in [0.29, 0.717) is 12.2 Å². The third-order valence-electron chi connectivity index (χ3n) is 2.05. The Morgan fingerprint density at radius 2 is 1.94 bits per heavy atom. The second-order valence-corrected chi connectivity index (χ2v) is 4.13. The van der Waals surface area contributed by atoms with Gasteiger partial charge in [-0.05, 0) is 6.92 Å². The molecule has 0 spiro atoms. The quantitative estimate of drug-likeness (QED) is 0.391. The number of aliphatic hydroxyl groups excluding tert-OH is 1. The van der Waals surface area contributed by atoms with Crippen molar-refractivity contribution in [3.63, 3.8) is 0 Å². The molecule has 3 unspecified atom stereocenters. The van der Waals surface area contributed by atoms with Crippen LogP contribution >= 0.6 is 0 Å². The van der Waals surface area contributed by atoms with Crippen molar-refractivity contribution in [1.82, 2.24) is 0 Å². The smallest absolute Gasteiger partial charge is 0.330 e. The van der Waals surface area contributed by atoms with Crippen molar-refractivity contribution in [3.8, 4) is 0 Å². The molecule has 3 atom stereocenters. The van der Waals surface area contributed by atoms with E-state index in [1.807, 2.05) is 0 Å². The first-order valence-electron chi connectivity index (χ1n) is 5.90. The largest absolute Gasteiger partial charge is 0.460 e. The predicted molar refractivity (Wildman–Crippen MR) is 63.1 cm³/mol. The molecule has 2 saturated heterocycles. The van der Waals surface area contributed by atoms with Crippen LogP contribution in [0.2, 0.25) is 0 Å². The molecule has 0 aromatic carbocycles. The Kier molecular flexibility index (Phi) is 6.89. The lowest BCUT2D eigenvalue weighted by molar-refractivity contribution is -0.140. The molecule has 2 fully saturated rings. The van der Waals surface area contributed by atoms with Crippen LogP contribution in [-0.2, 0) is 23.7 Å². The van der Waals surface area contributed by atoms with Gasteiger partial charge >= 0.3 is 5.97 Å². The number of carbonyl (C=O) groups excluding carboxylic acids is 1. The molecule has 0 aromatic heterocycles. The molecule has 0 amide bonds. The van der Waals surface area contributed by atoms with Gasteiger partial charge in [0.2, 0.25) is 0 Å². The van der Waals surface area contributed by atoms with Crippen LogP contribution in [0.4, 0.5) is 0 Å². The normalized spacial score (nSPS) is 25.4. The van der Waals surface area contributed by atoms with E-state index < -0.39 is 12.1 Å². The number of ether oxygens (including phenoxy) is 4. The van der Waals surface area contributed by atoms with Gasteiger partial charge < -0.3 is 24.1 Å². The standard InChI is InChI=1S/2C6H10O3/c1(5-3-8-5)7-2-6-4-9-6;1-3-6(8)9-4-5(2)7/h5-6H,1-4H2;3,5,7H,1,4H2,2H3. The Balaban J connectivity index is 0.000000180. The van der Waals surface area contributed by atoms with Crippen molar-refractivity contribution >= 4 is 5.97 Å². The van der Waals surface area contributed by atoms with Crippen molar-refractivity contribution in [3.05, 3.63) is 12.7 Å². The summed E-state index contributed by atoms with van der Waals surface area (Å²) in [6, 6.07) is 0. The van der Waals surface area contributed by atoms with Crippen molar-refractivity contribution in [2.75, 3.05) is 33.0 Å². The van der Waals surface area contributed by atoms with E-state index in [1.54, 1.807) is 0 Å². The molecular formula is C12H20O6. The fourth-order valence-corrected chi connectivity index (χ4v) is 0.921. The van der Waals surface area contributed by atoms with Gasteiger partial charge in [-0.3, -0.25) is 0 Å². The van der Waals surface area contributed by atoms with E-state index in [0.717, 1.165) is 32.5 Å². The molecule has 1 N–H and O–H groups in total. The summed E-state index contributed by atoms with van der Waals surface area (Å²) in [5, 5.41) is 8.59. The summed E-state index contributed by atoms with van der Waals surface area (Å²) in [5.74, 6) is -0.504. The summed E-state index contributed by atoms with van der Waals surface area (Å²) in [5.41, 5.74) is 0. The molecule has 2 heterocycles. The Morgan fingerprint density at radius 3 is 2.28 bits per heavy atom. The summed E-state index contributed by atoms with van der Waals surface area (Å²) in [6.07, 6.45) is 1.24. The van der Waals surface area contributed by atoms with E-state index in [9.17, 15) is 4.79 Å². The number of carbonyl (C=O) groups is 1. The maximum absolute atomic E-state index is 10.3. The van der Waals surface area contributed by atoms with Gasteiger partial charge in [0, 0.05) is 6.08 Å².